The van der Waals surface area contributed by atoms with E-state index in [1.165, 1.54) is 12.1 Å². The van der Waals surface area contributed by atoms with Crippen molar-refractivity contribution >= 4 is 10.0 Å². The molecule has 1 rings (SSSR count). The molecule has 7 heteroatoms. The topological polar surface area (TPSA) is 84.9 Å². The van der Waals surface area contributed by atoms with Gasteiger partial charge in [0, 0.05) is 13.2 Å². The lowest BCUT2D eigenvalue weighted by atomic mass is 10.2. The molecule has 0 bridgehead atoms. The highest BCUT2D eigenvalue weighted by Crippen LogP contribution is 2.16. The van der Waals surface area contributed by atoms with E-state index in [1.54, 1.807) is 33.1 Å². The van der Waals surface area contributed by atoms with Gasteiger partial charge in [-0.15, -0.1) is 0 Å². The monoisotopic (exact) mass is 317 g/mol. The molecule has 0 saturated heterocycles. The second-order valence-corrected chi connectivity index (χ2v) is 6.63. The van der Waals surface area contributed by atoms with Gasteiger partial charge in [0.1, 0.15) is 12.4 Å². The Morgan fingerprint density at radius 2 is 1.81 bits per heavy atom. The van der Waals surface area contributed by atoms with Gasteiger partial charge in [-0.2, -0.15) is 0 Å². The quantitative estimate of drug-likeness (QED) is 0.667. The third kappa shape index (κ3) is 6.43. The summed E-state index contributed by atoms with van der Waals surface area (Å²) in [4.78, 5) is 0.166. The van der Waals surface area contributed by atoms with Crippen molar-refractivity contribution in [2.75, 3.05) is 20.3 Å². The van der Waals surface area contributed by atoms with Gasteiger partial charge in [-0.1, -0.05) is 0 Å². The zero-order chi connectivity index (χ0) is 15.9. The first-order chi connectivity index (χ1) is 9.85. The Bertz CT molecular complexity index is 513. The molecule has 0 heterocycles. The molecule has 21 heavy (non-hydrogen) atoms. The SMILES string of the molecule is COCCOc1ccc(S(=O)(=O)NC(C)CC(C)O)cc1. The van der Waals surface area contributed by atoms with Gasteiger partial charge in [0.25, 0.3) is 0 Å². The third-order valence-electron chi connectivity index (χ3n) is 2.74. The van der Waals surface area contributed by atoms with E-state index in [4.69, 9.17) is 9.47 Å². The molecule has 0 aromatic heterocycles. The van der Waals surface area contributed by atoms with E-state index in [-0.39, 0.29) is 10.9 Å². The summed E-state index contributed by atoms with van der Waals surface area (Å²) >= 11 is 0. The average Bonchev–Trinajstić information content (AvgIpc) is 2.38. The van der Waals surface area contributed by atoms with Crippen molar-refractivity contribution in [2.45, 2.75) is 37.3 Å². The van der Waals surface area contributed by atoms with Gasteiger partial charge in [0.2, 0.25) is 10.0 Å². The Kier molecular flexibility index (Phi) is 7.10. The van der Waals surface area contributed by atoms with E-state index in [0.717, 1.165) is 0 Å². The second kappa shape index (κ2) is 8.33. The van der Waals surface area contributed by atoms with Crippen molar-refractivity contribution in [3.8, 4) is 5.75 Å². The fraction of sp³-hybridized carbons (Fsp3) is 0.571. The molecule has 2 N–H and O–H groups in total. The molecule has 0 aliphatic heterocycles. The highest BCUT2D eigenvalue weighted by Gasteiger charge is 2.18. The Morgan fingerprint density at radius 3 is 2.33 bits per heavy atom. The van der Waals surface area contributed by atoms with Crippen LogP contribution in [0.3, 0.4) is 0 Å². The number of methoxy groups -OCH3 is 1. The smallest absolute Gasteiger partial charge is 0.240 e. The fourth-order valence-corrected chi connectivity index (χ4v) is 3.11. The maximum Gasteiger partial charge on any atom is 0.240 e. The molecule has 0 aliphatic carbocycles. The number of rotatable bonds is 9. The van der Waals surface area contributed by atoms with Crippen LogP contribution in [0.1, 0.15) is 20.3 Å². The van der Waals surface area contributed by atoms with Crippen LogP contribution >= 0.6 is 0 Å². The van der Waals surface area contributed by atoms with Crippen LogP contribution < -0.4 is 9.46 Å². The van der Waals surface area contributed by atoms with E-state index < -0.39 is 16.1 Å². The van der Waals surface area contributed by atoms with Crippen molar-refractivity contribution in [3.63, 3.8) is 0 Å². The molecular weight excluding hydrogens is 294 g/mol. The molecule has 0 amide bonds. The largest absolute Gasteiger partial charge is 0.491 e. The minimum absolute atomic E-state index is 0.166. The number of hydrogen-bond acceptors (Lipinski definition) is 5. The van der Waals surface area contributed by atoms with Crippen LogP contribution in [0, 0.1) is 0 Å². The predicted molar refractivity (Wildman–Crippen MR) is 79.9 cm³/mol. The number of ether oxygens (including phenoxy) is 2. The van der Waals surface area contributed by atoms with Gasteiger partial charge in [-0.3, -0.25) is 0 Å². The number of hydrogen-bond donors (Lipinski definition) is 2. The standard InChI is InChI=1S/C14H23NO5S/c1-11(10-12(2)16)15-21(17,18)14-6-4-13(5-7-14)20-9-8-19-3/h4-7,11-12,15-16H,8-10H2,1-3H3. The van der Waals surface area contributed by atoms with Gasteiger partial charge in [0.05, 0.1) is 17.6 Å². The van der Waals surface area contributed by atoms with Gasteiger partial charge in [-0.25, -0.2) is 13.1 Å². The molecule has 1 aromatic carbocycles. The Labute approximate surface area is 126 Å². The molecule has 0 aliphatic rings. The molecule has 6 nitrogen and oxygen atoms in total. The summed E-state index contributed by atoms with van der Waals surface area (Å²) in [6.45, 7) is 4.22. The first kappa shape index (κ1) is 17.9. The van der Waals surface area contributed by atoms with Crippen molar-refractivity contribution in [1.29, 1.82) is 0 Å². The molecular formula is C14H23NO5S. The van der Waals surface area contributed by atoms with Gasteiger partial charge in [-0.05, 0) is 44.5 Å². The molecule has 2 atom stereocenters. The number of sulfonamides is 1. The highest BCUT2D eigenvalue weighted by atomic mass is 32.2. The lowest BCUT2D eigenvalue weighted by Crippen LogP contribution is -2.34. The van der Waals surface area contributed by atoms with E-state index in [2.05, 4.69) is 4.72 Å². The van der Waals surface area contributed by atoms with Gasteiger partial charge < -0.3 is 14.6 Å². The van der Waals surface area contributed by atoms with E-state index in [9.17, 15) is 13.5 Å². The fourth-order valence-electron chi connectivity index (χ4n) is 1.85. The minimum atomic E-state index is -3.59. The van der Waals surface area contributed by atoms with E-state index in [1.807, 2.05) is 0 Å². The van der Waals surface area contributed by atoms with Crippen molar-refractivity contribution in [1.82, 2.24) is 4.72 Å². The molecule has 0 radical (unpaired) electrons. The van der Waals surface area contributed by atoms with Crippen LogP contribution in [-0.2, 0) is 14.8 Å². The predicted octanol–water partition coefficient (Wildman–Crippen LogP) is 1.15. The zero-order valence-corrected chi connectivity index (χ0v) is 13.4. The van der Waals surface area contributed by atoms with Crippen LogP contribution in [0.4, 0.5) is 0 Å². The summed E-state index contributed by atoms with van der Waals surface area (Å²) in [5.74, 6) is 0.586. The lowest BCUT2D eigenvalue weighted by Gasteiger charge is -2.15. The maximum atomic E-state index is 12.1. The average molecular weight is 317 g/mol. The van der Waals surface area contributed by atoms with Crippen molar-refractivity contribution in [2.24, 2.45) is 0 Å². The normalized spacial score (nSPS) is 14.7. The van der Waals surface area contributed by atoms with E-state index in [0.29, 0.717) is 25.4 Å². The zero-order valence-electron chi connectivity index (χ0n) is 12.6. The van der Waals surface area contributed by atoms with Gasteiger partial charge >= 0.3 is 0 Å². The lowest BCUT2D eigenvalue weighted by molar-refractivity contribution is 0.146. The molecule has 0 saturated carbocycles. The van der Waals surface area contributed by atoms with Crippen LogP contribution in [0.25, 0.3) is 0 Å². The molecule has 120 valence electrons. The van der Waals surface area contributed by atoms with Crippen molar-refractivity contribution in [3.05, 3.63) is 24.3 Å². The number of aliphatic hydroxyl groups is 1. The number of benzene rings is 1. The first-order valence-electron chi connectivity index (χ1n) is 6.77. The molecule has 2 unspecified atom stereocenters. The van der Waals surface area contributed by atoms with Crippen LogP contribution in [-0.4, -0.2) is 46.0 Å². The number of nitrogens with one attached hydrogen (secondary N) is 1. The van der Waals surface area contributed by atoms with Crippen molar-refractivity contribution < 1.29 is 23.0 Å². The summed E-state index contributed by atoms with van der Waals surface area (Å²) in [6, 6.07) is 5.83. The highest BCUT2D eigenvalue weighted by molar-refractivity contribution is 7.89. The minimum Gasteiger partial charge on any atom is -0.491 e. The Hall–Kier alpha value is -1.15. The summed E-state index contributed by atoms with van der Waals surface area (Å²) in [5, 5.41) is 9.27. The van der Waals surface area contributed by atoms with E-state index >= 15 is 0 Å². The summed E-state index contributed by atoms with van der Waals surface area (Å²) < 4.78 is 37.1. The Morgan fingerprint density at radius 1 is 1.19 bits per heavy atom. The summed E-state index contributed by atoms with van der Waals surface area (Å²) in [6.07, 6.45) is -0.198. The maximum absolute atomic E-state index is 12.1. The molecule has 0 spiro atoms. The second-order valence-electron chi connectivity index (χ2n) is 4.92. The number of aliphatic hydroxyl groups excluding tert-OH is 1. The molecule has 0 fully saturated rings. The van der Waals surface area contributed by atoms with Gasteiger partial charge in [0.15, 0.2) is 0 Å². The summed E-state index contributed by atoms with van der Waals surface area (Å²) in [5.41, 5.74) is 0. The Balaban J connectivity index is 2.66. The molecule has 1 aromatic rings. The van der Waals surface area contributed by atoms with Crippen LogP contribution in [0.2, 0.25) is 0 Å². The van der Waals surface area contributed by atoms with Crippen LogP contribution in [0.5, 0.6) is 5.75 Å². The summed E-state index contributed by atoms with van der Waals surface area (Å²) in [7, 11) is -2.01. The van der Waals surface area contributed by atoms with Crippen LogP contribution in [0.15, 0.2) is 29.2 Å². The third-order valence-corrected chi connectivity index (χ3v) is 4.35. The first-order valence-corrected chi connectivity index (χ1v) is 8.25.